The molecule has 0 bridgehead atoms. The van der Waals surface area contributed by atoms with Crippen LogP contribution in [-0.2, 0) is 24.2 Å². The molecule has 0 unspecified atom stereocenters. The van der Waals surface area contributed by atoms with Gasteiger partial charge in [-0.15, -0.1) is 0 Å². The third kappa shape index (κ3) is 3.56. The fourth-order valence-electron chi connectivity index (χ4n) is 3.51. The Kier molecular flexibility index (Phi) is 4.62. The standard InChI is InChI=1S/C21H20N2O4/c1-13-9-17(26-12-19(24)23-11-14-5-2-3-8-22-14)20-15-6-4-7-16(15)21(25)27-18(20)10-13/h2-3,5,8-10H,4,6-7,11-12H2,1H3,(H,23,24). The summed E-state index contributed by atoms with van der Waals surface area (Å²) in [5, 5.41) is 3.60. The van der Waals surface area contributed by atoms with Crippen LogP contribution in [0.5, 0.6) is 5.75 Å². The maximum Gasteiger partial charge on any atom is 0.339 e. The fourth-order valence-corrected chi connectivity index (χ4v) is 3.51. The Bertz CT molecular complexity index is 1060. The van der Waals surface area contributed by atoms with Gasteiger partial charge in [0.2, 0.25) is 0 Å². The average molecular weight is 364 g/mol. The van der Waals surface area contributed by atoms with E-state index in [2.05, 4.69) is 10.3 Å². The maximum absolute atomic E-state index is 12.2. The van der Waals surface area contributed by atoms with Crippen LogP contribution in [0.25, 0.3) is 11.0 Å². The van der Waals surface area contributed by atoms with Gasteiger partial charge in [0.15, 0.2) is 6.61 Å². The molecule has 4 rings (SSSR count). The van der Waals surface area contributed by atoms with Gasteiger partial charge in [-0.25, -0.2) is 4.79 Å². The molecule has 0 aliphatic heterocycles. The molecule has 0 fully saturated rings. The monoisotopic (exact) mass is 364 g/mol. The van der Waals surface area contributed by atoms with Gasteiger partial charge in [-0.05, 0) is 61.6 Å². The summed E-state index contributed by atoms with van der Waals surface area (Å²) in [6, 6.07) is 9.27. The Morgan fingerprint density at radius 2 is 2.11 bits per heavy atom. The SMILES string of the molecule is Cc1cc(OCC(=O)NCc2ccccn2)c2c3c(c(=O)oc2c1)CCC3. The first-order valence-corrected chi connectivity index (χ1v) is 9.00. The zero-order chi connectivity index (χ0) is 18.8. The molecule has 0 saturated carbocycles. The number of aromatic nitrogens is 1. The van der Waals surface area contributed by atoms with Crippen LogP contribution in [0.3, 0.4) is 0 Å². The molecule has 27 heavy (non-hydrogen) atoms. The number of nitrogens with zero attached hydrogens (tertiary/aromatic N) is 1. The van der Waals surface area contributed by atoms with Gasteiger partial charge in [0.1, 0.15) is 11.3 Å². The third-order valence-electron chi connectivity index (χ3n) is 4.73. The summed E-state index contributed by atoms with van der Waals surface area (Å²) in [6.07, 6.45) is 4.16. The molecule has 1 amide bonds. The molecule has 0 spiro atoms. The van der Waals surface area contributed by atoms with Gasteiger partial charge in [0.25, 0.3) is 5.91 Å². The summed E-state index contributed by atoms with van der Waals surface area (Å²) in [4.78, 5) is 28.5. The molecule has 0 atom stereocenters. The van der Waals surface area contributed by atoms with E-state index in [1.807, 2.05) is 37.3 Å². The molecule has 1 aliphatic rings. The number of pyridine rings is 1. The Morgan fingerprint density at radius 3 is 2.93 bits per heavy atom. The Morgan fingerprint density at radius 1 is 1.26 bits per heavy atom. The van der Waals surface area contributed by atoms with E-state index in [0.29, 0.717) is 17.9 Å². The van der Waals surface area contributed by atoms with Gasteiger partial charge in [-0.2, -0.15) is 0 Å². The van der Waals surface area contributed by atoms with Gasteiger partial charge in [-0.1, -0.05) is 6.07 Å². The minimum atomic E-state index is -0.264. The number of hydrogen-bond donors (Lipinski definition) is 1. The first kappa shape index (κ1) is 17.3. The minimum absolute atomic E-state index is 0.112. The lowest BCUT2D eigenvalue weighted by molar-refractivity contribution is -0.123. The second-order valence-corrected chi connectivity index (χ2v) is 6.72. The van der Waals surface area contributed by atoms with E-state index in [0.717, 1.165) is 47.0 Å². The van der Waals surface area contributed by atoms with Gasteiger partial charge >= 0.3 is 5.63 Å². The highest BCUT2D eigenvalue weighted by Crippen LogP contribution is 2.35. The Labute approximate surface area is 156 Å². The zero-order valence-corrected chi connectivity index (χ0v) is 15.1. The number of ether oxygens (including phenoxy) is 1. The lowest BCUT2D eigenvalue weighted by Gasteiger charge is -2.13. The van der Waals surface area contributed by atoms with Gasteiger partial charge in [-0.3, -0.25) is 9.78 Å². The second-order valence-electron chi connectivity index (χ2n) is 6.72. The highest BCUT2D eigenvalue weighted by Gasteiger charge is 2.22. The molecule has 2 heterocycles. The van der Waals surface area contributed by atoms with Gasteiger partial charge in [0, 0.05) is 11.8 Å². The summed E-state index contributed by atoms with van der Waals surface area (Å²) in [7, 11) is 0. The number of carbonyl (C=O) groups excluding carboxylic acids is 1. The molecule has 3 aromatic rings. The van der Waals surface area contributed by atoms with Crippen molar-refractivity contribution >= 4 is 16.9 Å². The van der Waals surface area contributed by atoms with E-state index in [9.17, 15) is 9.59 Å². The summed E-state index contributed by atoms with van der Waals surface area (Å²) >= 11 is 0. The van der Waals surface area contributed by atoms with E-state index in [4.69, 9.17) is 9.15 Å². The number of nitrogens with one attached hydrogen (secondary N) is 1. The minimum Gasteiger partial charge on any atom is -0.483 e. The smallest absolute Gasteiger partial charge is 0.339 e. The average Bonchev–Trinajstić information content (AvgIpc) is 3.15. The van der Waals surface area contributed by atoms with E-state index in [1.165, 1.54) is 0 Å². The highest BCUT2D eigenvalue weighted by molar-refractivity contribution is 5.89. The van der Waals surface area contributed by atoms with E-state index >= 15 is 0 Å². The van der Waals surface area contributed by atoms with E-state index < -0.39 is 0 Å². The van der Waals surface area contributed by atoms with Crippen molar-refractivity contribution in [3.8, 4) is 5.75 Å². The van der Waals surface area contributed by atoms with Crippen LogP contribution in [0.15, 0.2) is 45.7 Å². The van der Waals surface area contributed by atoms with Crippen molar-refractivity contribution in [2.45, 2.75) is 32.7 Å². The van der Waals surface area contributed by atoms with Crippen LogP contribution in [0.1, 0.15) is 28.8 Å². The van der Waals surface area contributed by atoms with Crippen molar-refractivity contribution in [1.29, 1.82) is 0 Å². The number of rotatable bonds is 5. The van der Waals surface area contributed by atoms with Crippen molar-refractivity contribution in [3.63, 3.8) is 0 Å². The van der Waals surface area contributed by atoms with Crippen molar-refractivity contribution < 1.29 is 13.9 Å². The number of fused-ring (bicyclic) bond motifs is 3. The molecule has 1 aliphatic carbocycles. The van der Waals surface area contributed by atoms with Crippen molar-refractivity contribution in [2.75, 3.05) is 6.61 Å². The molecule has 1 aromatic carbocycles. The van der Waals surface area contributed by atoms with E-state index in [1.54, 1.807) is 6.20 Å². The quantitative estimate of drug-likeness (QED) is 0.704. The van der Waals surface area contributed by atoms with Gasteiger partial charge < -0.3 is 14.5 Å². The first-order valence-electron chi connectivity index (χ1n) is 9.00. The Balaban J connectivity index is 1.54. The molecule has 0 radical (unpaired) electrons. The topological polar surface area (TPSA) is 81.4 Å². The predicted octanol–water partition coefficient (Wildman–Crippen LogP) is 2.68. The van der Waals surface area contributed by atoms with Crippen LogP contribution >= 0.6 is 0 Å². The third-order valence-corrected chi connectivity index (χ3v) is 4.73. The number of aryl methyl sites for hydroxylation is 2. The largest absolute Gasteiger partial charge is 0.483 e. The molecule has 1 N–H and O–H groups in total. The maximum atomic E-state index is 12.2. The molecule has 6 nitrogen and oxygen atoms in total. The lowest BCUT2D eigenvalue weighted by atomic mass is 10.0. The van der Waals surface area contributed by atoms with Crippen LogP contribution in [0.2, 0.25) is 0 Å². The predicted molar refractivity (Wildman–Crippen MR) is 101 cm³/mol. The van der Waals surface area contributed by atoms with Crippen molar-refractivity contribution in [2.24, 2.45) is 0 Å². The van der Waals surface area contributed by atoms with Gasteiger partial charge in [0.05, 0.1) is 17.6 Å². The molecule has 138 valence electrons. The summed E-state index contributed by atoms with van der Waals surface area (Å²) < 4.78 is 11.3. The molecule has 6 heteroatoms. The molecular formula is C21H20N2O4. The molecule has 2 aromatic heterocycles. The van der Waals surface area contributed by atoms with Crippen molar-refractivity contribution in [1.82, 2.24) is 10.3 Å². The second kappa shape index (κ2) is 7.23. The highest BCUT2D eigenvalue weighted by atomic mass is 16.5. The zero-order valence-electron chi connectivity index (χ0n) is 15.1. The number of hydrogen-bond acceptors (Lipinski definition) is 5. The number of carbonyl (C=O) groups is 1. The summed E-state index contributed by atoms with van der Waals surface area (Å²) in [5.74, 6) is 0.351. The normalized spacial score (nSPS) is 12.8. The van der Waals surface area contributed by atoms with E-state index in [-0.39, 0.29) is 18.1 Å². The lowest BCUT2D eigenvalue weighted by Crippen LogP contribution is -2.28. The number of amides is 1. The Hall–Kier alpha value is -3.15. The molecule has 0 saturated heterocycles. The van der Waals surface area contributed by atoms with Crippen LogP contribution < -0.4 is 15.7 Å². The van der Waals surface area contributed by atoms with Crippen LogP contribution in [-0.4, -0.2) is 17.5 Å². The first-order chi connectivity index (χ1) is 13.1. The summed E-state index contributed by atoms with van der Waals surface area (Å²) in [5.41, 5.74) is 3.67. The molecular weight excluding hydrogens is 344 g/mol. The van der Waals surface area contributed by atoms with Crippen molar-refractivity contribution in [3.05, 3.63) is 69.3 Å². The fraction of sp³-hybridized carbons (Fsp3) is 0.286. The summed E-state index contributed by atoms with van der Waals surface area (Å²) in [6.45, 7) is 2.14. The number of benzene rings is 1. The van der Waals surface area contributed by atoms with Crippen LogP contribution in [0, 0.1) is 6.92 Å². The van der Waals surface area contributed by atoms with Crippen LogP contribution in [0.4, 0.5) is 0 Å².